The van der Waals surface area contributed by atoms with Crippen molar-refractivity contribution < 1.29 is 22.4 Å². The first kappa shape index (κ1) is 21.2. The highest BCUT2D eigenvalue weighted by atomic mass is 28.4. The molecule has 0 heterocycles. The summed E-state index contributed by atoms with van der Waals surface area (Å²) in [6.45, 7) is 7.55. The Kier molecular flexibility index (Phi) is 9.05. The van der Waals surface area contributed by atoms with Crippen LogP contribution in [-0.2, 0) is 15.3 Å². The van der Waals surface area contributed by atoms with E-state index in [0.717, 1.165) is 31.7 Å². The van der Waals surface area contributed by atoms with Gasteiger partial charge in [-0.05, 0) is 58.6 Å². The second-order valence-electron chi connectivity index (χ2n) is 6.70. The molecular weight excluding hydrogens is 330 g/mol. The van der Waals surface area contributed by atoms with Gasteiger partial charge in [0, 0.05) is 24.3 Å². The molecule has 0 saturated heterocycles. The maximum atomic E-state index is 13.5. The Morgan fingerprint density at radius 2 is 1.54 bits per heavy atom. The van der Waals surface area contributed by atoms with Crippen molar-refractivity contribution in [1.82, 2.24) is 0 Å². The third kappa shape index (κ3) is 8.33. The third-order valence-corrected chi connectivity index (χ3v) is 6.21. The minimum atomic E-state index is -3.12. The van der Waals surface area contributed by atoms with Crippen LogP contribution in [0.4, 0.5) is 8.78 Å². The summed E-state index contributed by atoms with van der Waals surface area (Å²) in [5, 5.41) is 0. The topological polar surface area (TPSA) is 38.7 Å². The normalized spacial score (nSPS) is 12.4. The van der Waals surface area contributed by atoms with Gasteiger partial charge in [0.1, 0.15) is 11.6 Å². The number of unbranched alkanes of at least 4 members (excludes halogenated alkanes) is 3. The molecule has 1 N–H and O–H groups in total. The lowest BCUT2D eigenvalue weighted by Crippen LogP contribution is -2.46. The standard InChI is InChI=1S/C18H30F2O3Si/c1-14(2)22-24(21,23-15(3)4)12-8-6-5-7-9-16-10-11-17(19)13-18(16)20/h10-11,13-15,21H,5-9,12H2,1-4H3. The molecule has 0 aliphatic rings. The zero-order valence-electron chi connectivity index (χ0n) is 15.1. The summed E-state index contributed by atoms with van der Waals surface area (Å²) in [6.07, 6.45) is 3.95. The fourth-order valence-corrected chi connectivity index (χ4v) is 5.09. The first-order chi connectivity index (χ1) is 11.2. The highest BCUT2D eigenvalue weighted by Gasteiger charge is 2.38. The summed E-state index contributed by atoms with van der Waals surface area (Å²) in [5.74, 6) is -1.02. The van der Waals surface area contributed by atoms with E-state index < -0.39 is 20.4 Å². The highest BCUT2D eigenvalue weighted by molar-refractivity contribution is 6.59. The predicted octanol–water partition coefficient (Wildman–Crippen LogP) is 4.85. The number of halogens is 2. The molecular formula is C18H30F2O3Si. The smallest absolute Gasteiger partial charge is 0.390 e. The van der Waals surface area contributed by atoms with Crippen molar-refractivity contribution in [2.45, 2.75) is 78.1 Å². The van der Waals surface area contributed by atoms with Gasteiger partial charge in [0.2, 0.25) is 0 Å². The fourth-order valence-electron chi connectivity index (χ4n) is 2.62. The average Bonchev–Trinajstić information content (AvgIpc) is 2.42. The van der Waals surface area contributed by atoms with E-state index in [2.05, 4.69) is 0 Å². The van der Waals surface area contributed by atoms with Crippen LogP contribution in [0.3, 0.4) is 0 Å². The maximum Gasteiger partial charge on any atom is 0.498 e. The highest BCUT2D eigenvalue weighted by Crippen LogP contribution is 2.20. The van der Waals surface area contributed by atoms with Crippen LogP contribution in [0.1, 0.15) is 58.9 Å². The van der Waals surface area contributed by atoms with Crippen molar-refractivity contribution in [3.63, 3.8) is 0 Å². The zero-order chi connectivity index (χ0) is 18.2. The summed E-state index contributed by atoms with van der Waals surface area (Å²) >= 11 is 0. The molecule has 3 nitrogen and oxygen atoms in total. The van der Waals surface area contributed by atoms with Gasteiger partial charge < -0.3 is 13.6 Å². The van der Waals surface area contributed by atoms with Crippen LogP contribution in [0, 0.1) is 11.6 Å². The van der Waals surface area contributed by atoms with Crippen molar-refractivity contribution >= 4 is 8.80 Å². The number of aryl methyl sites for hydroxylation is 1. The number of rotatable bonds is 11. The summed E-state index contributed by atoms with van der Waals surface area (Å²) in [4.78, 5) is 10.6. The molecule has 0 amide bonds. The van der Waals surface area contributed by atoms with Gasteiger partial charge in [-0.25, -0.2) is 8.78 Å². The molecule has 24 heavy (non-hydrogen) atoms. The van der Waals surface area contributed by atoms with E-state index in [1.807, 2.05) is 27.7 Å². The lowest BCUT2D eigenvalue weighted by Gasteiger charge is -2.28. The SMILES string of the molecule is CC(C)O[Si](O)(CCCCCCc1ccc(F)cc1F)OC(C)C. The average molecular weight is 361 g/mol. The van der Waals surface area contributed by atoms with Gasteiger partial charge in [-0.3, -0.25) is 0 Å². The maximum absolute atomic E-state index is 13.5. The lowest BCUT2D eigenvalue weighted by molar-refractivity contribution is 0.0472. The van der Waals surface area contributed by atoms with Gasteiger partial charge in [0.25, 0.3) is 0 Å². The molecule has 1 aromatic rings. The first-order valence-electron chi connectivity index (χ1n) is 8.74. The molecule has 0 fully saturated rings. The van der Waals surface area contributed by atoms with Crippen molar-refractivity contribution in [2.75, 3.05) is 0 Å². The molecule has 0 aliphatic carbocycles. The Morgan fingerprint density at radius 1 is 0.958 bits per heavy atom. The van der Waals surface area contributed by atoms with E-state index in [1.54, 1.807) is 0 Å². The quantitative estimate of drug-likeness (QED) is 0.453. The van der Waals surface area contributed by atoms with Gasteiger partial charge in [0.15, 0.2) is 0 Å². The Morgan fingerprint density at radius 3 is 2.08 bits per heavy atom. The van der Waals surface area contributed by atoms with E-state index >= 15 is 0 Å². The van der Waals surface area contributed by atoms with Crippen LogP contribution in [0.15, 0.2) is 18.2 Å². The van der Waals surface area contributed by atoms with Crippen molar-refractivity contribution in [3.05, 3.63) is 35.4 Å². The molecule has 0 saturated carbocycles. The second kappa shape index (κ2) is 10.2. The first-order valence-corrected chi connectivity index (χ1v) is 10.7. The molecule has 0 spiro atoms. The van der Waals surface area contributed by atoms with E-state index in [0.29, 0.717) is 18.0 Å². The molecule has 0 radical (unpaired) electrons. The monoisotopic (exact) mass is 360 g/mol. The predicted molar refractivity (Wildman–Crippen MR) is 93.8 cm³/mol. The summed E-state index contributed by atoms with van der Waals surface area (Å²) in [7, 11) is -3.12. The van der Waals surface area contributed by atoms with Crippen LogP contribution < -0.4 is 0 Å². The molecule has 1 rings (SSSR count). The molecule has 0 atom stereocenters. The van der Waals surface area contributed by atoms with Crippen molar-refractivity contribution in [2.24, 2.45) is 0 Å². The van der Waals surface area contributed by atoms with Crippen LogP contribution in [-0.4, -0.2) is 25.8 Å². The minimum absolute atomic E-state index is 0.0677. The van der Waals surface area contributed by atoms with Crippen LogP contribution >= 0.6 is 0 Å². The molecule has 0 aliphatic heterocycles. The number of benzene rings is 1. The fraction of sp³-hybridized carbons (Fsp3) is 0.667. The Labute approximate surface area is 145 Å². The van der Waals surface area contributed by atoms with E-state index in [1.165, 1.54) is 12.1 Å². The van der Waals surface area contributed by atoms with E-state index in [4.69, 9.17) is 8.85 Å². The van der Waals surface area contributed by atoms with Crippen molar-refractivity contribution in [3.8, 4) is 0 Å². The van der Waals surface area contributed by atoms with Gasteiger partial charge in [0.05, 0.1) is 0 Å². The Balaban J connectivity index is 2.30. The van der Waals surface area contributed by atoms with Gasteiger partial charge in [-0.1, -0.05) is 18.9 Å². The zero-order valence-corrected chi connectivity index (χ0v) is 16.1. The molecule has 1 aromatic carbocycles. The van der Waals surface area contributed by atoms with Crippen LogP contribution in [0.2, 0.25) is 6.04 Å². The molecule has 138 valence electrons. The summed E-state index contributed by atoms with van der Waals surface area (Å²) < 4.78 is 37.6. The summed E-state index contributed by atoms with van der Waals surface area (Å²) in [6, 6.07) is 4.25. The van der Waals surface area contributed by atoms with Crippen LogP contribution in [0.25, 0.3) is 0 Å². The lowest BCUT2D eigenvalue weighted by atomic mass is 10.1. The number of hydrogen-bond acceptors (Lipinski definition) is 3. The third-order valence-electron chi connectivity index (χ3n) is 3.54. The second-order valence-corrected chi connectivity index (χ2v) is 9.09. The molecule has 6 heteroatoms. The number of hydrogen-bond donors (Lipinski definition) is 1. The van der Waals surface area contributed by atoms with E-state index in [-0.39, 0.29) is 12.2 Å². The van der Waals surface area contributed by atoms with E-state index in [9.17, 15) is 13.6 Å². The molecule has 0 aromatic heterocycles. The summed E-state index contributed by atoms with van der Waals surface area (Å²) in [5.41, 5.74) is 0.550. The van der Waals surface area contributed by atoms with Gasteiger partial charge in [-0.15, -0.1) is 0 Å². The largest absolute Gasteiger partial charge is 0.498 e. The Hall–Kier alpha value is -0.823. The van der Waals surface area contributed by atoms with Crippen molar-refractivity contribution in [1.29, 1.82) is 0 Å². The van der Waals surface area contributed by atoms with Gasteiger partial charge >= 0.3 is 8.80 Å². The van der Waals surface area contributed by atoms with Crippen LogP contribution in [0.5, 0.6) is 0 Å². The molecule has 0 bridgehead atoms. The van der Waals surface area contributed by atoms with Gasteiger partial charge in [-0.2, -0.15) is 0 Å². The minimum Gasteiger partial charge on any atom is -0.390 e. The molecule has 0 unspecified atom stereocenters. The Bertz CT molecular complexity index is 485.